The van der Waals surface area contributed by atoms with E-state index in [1.165, 1.54) is 6.42 Å². The van der Waals surface area contributed by atoms with Crippen LogP contribution in [0.15, 0.2) is 57.7 Å². The fourth-order valence-corrected chi connectivity index (χ4v) is 3.80. The van der Waals surface area contributed by atoms with Crippen molar-refractivity contribution in [3.05, 3.63) is 60.0 Å². The molecule has 7 heteroatoms. The maximum absolute atomic E-state index is 12.7. The number of para-hydroxylation sites is 1. The first-order chi connectivity index (χ1) is 14.3. The zero-order chi connectivity index (χ0) is 20.1. The number of aromatic nitrogens is 1. The Morgan fingerprint density at radius 3 is 2.76 bits per heavy atom. The first-order valence-corrected chi connectivity index (χ1v) is 9.92. The molecule has 2 aromatic heterocycles. The van der Waals surface area contributed by atoms with Crippen LogP contribution in [0.3, 0.4) is 0 Å². The predicted molar refractivity (Wildman–Crippen MR) is 108 cm³/mol. The summed E-state index contributed by atoms with van der Waals surface area (Å²) < 4.78 is 16.1. The second kappa shape index (κ2) is 8.96. The van der Waals surface area contributed by atoms with Crippen molar-refractivity contribution in [3.8, 4) is 17.3 Å². The highest BCUT2D eigenvalue weighted by Gasteiger charge is 2.26. The Morgan fingerprint density at radius 2 is 2.00 bits per heavy atom. The molecule has 1 N–H and O–H groups in total. The lowest BCUT2D eigenvalue weighted by molar-refractivity contribution is 0.0914. The lowest BCUT2D eigenvalue weighted by Gasteiger charge is -2.35. The third-order valence-electron chi connectivity index (χ3n) is 5.29. The van der Waals surface area contributed by atoms with Crippen molar-refractivity contribution in [2.45, 2.75) is 25.3 Å². The molecule has 3 aromatic rings. The molecule has 7 nitrogen and oxygen atoms in total. The van der Waals surface area contributed by atoms with Gasteiger partial charge >= 0.3 is 0 Å². The number of nitrogens with one attached hydrogen (secondary N) is 1. The number of benzene rings is 1. The van der Waals surface area contributed by atoms with Crippen LogP contribution >= 0.6 is 0 Å². The molecule has 3 heterocycles. The maximum atomic E-state index is 12.7. The van der Waals surface area contributed by atoms with E-state index >= 15 is 0 Å². The Hall–Kier alpha value is -3.06. The largest absolute Gasteiger partial charge is 0.496 e. The molecule has 1 atom stereocenters. The molecule has 0 aliphatic carbocycles. The molecule has 1 saturated heterocycles. The molecule has 1 aromatic carbocycles. The van der Waals surface area contributed by atoms with Crippen molar-refractivity contribution < 1.29 is 18.5 Å². The van der Waals surface area contributed by atoms with Crippen molar-refractivity contribution >= 4 is 5.91 Å². The summed E-state index contributed by atoms with van der Waals surface area (Å²) >= 11 is 0. The topological polar surface area (TPSA) is 80.7 Å². The summed E-state index contributed by atoms with van der Waals surface area (Å²) in [6.45, 7) is 2.47. The van der Waals surface area contributed by atoms with Gasteiger partial charge in [0.25, 0.3) is 5.91 Å². The van der Waals surface area contributed by atoms with E-state index in [2.05, 4.69) is 21.4 Å². The normalized spacial score (nSPS) is 15.8. The van der Waals surface area contributed by atoms with Gasteiger partial charge in [0, 0.05) is 18.2 Å². The number of likely N-dealkylation sites (tertiary alicyclic amines) is 1. The summed E-state index contributed by atoms with van der Waals surface area (Å²) in [7, 11) is 1.68. The van der Waals surface area contributed by atoms with Crippen molar-refractivity contribution in [1.29, 1.82) is 0 Å². The van der Waals surface area contributed by atoms with Gasteiger partial charge < -0.3 is 19.0 Å². The first kappa shape index (κ1) is 19.3. The second-order valence-corrected chi connectivity index (χ2v) is 7.12. The molecule has 1 aliphatic heterocycles. The number of carbonyl (C=O) groups excluding carboxylic acids is 1. The number of hydrogen-bond donors (Lipinski definition) is 1. The molecule has 4 rings (SSSR count). The van der Waals surface area contributed by atoms with Crippen molar-refractivity contribution in [2.75, 3.05) is 26.7 Å². The number of nitrogens with zero attached hydrogens (tertiary/aromatic N) is 2. The predicted octanol–water partition coefficient (Wildman–Crippen LogP) is 3.90. The molecule has 29 heavy (non-hydrogen) atoms. The lowest BCUT2D eigenvalue weighted by Crippen LogP contribution is -2.40. The SMILES string of the molecule is COc1ccccc1C(CNC(=O)c1cc(-c2ccco2)on1)N1CCCCC1. The van der Waals surface area contributed by atoms with Gasteiger partial charge in [0.1, 0.15) is 5.75 Å². The summed E-state index contributed by atoms with van der Waals surface area (Å²) in [6, 6.07) is 13.1. The molecule has 0 radical (unpaired) electrons. The van der Waals surface area contributed by atoms with Crippen LogP contribution in [0, 0.1) is 0 Å². The van der Waals surface area contributed by atoms with Gasteiger partial charge in [0.2, 0.25) is 5.76 Å². The number of amides is 1. The number of piperidine rings is 1. The number of methoxy groups -OCH3 is 1. The van der Waals surface area contributed by atoms with Crippen molar-refractivity contribution in [3.63, 3.8) is 0 Å². The Kier molecular flexibility index (Phi) is 5.95. The Balaban J connectivity index is 1.49. The van der Waals surface area contributed by atoms with Gasteiger partial charge in [0.15, 0.2) is 11.5 Å². The van der Waals surface area contributed by atoms with Gasteiger partial charge in [0.05, 0.1) is 19.4 Å². The van der Waals surface area contributed by atoms with Crippen LogP contribution in [0.1, 0.15) is 41.4 Å². The molecule has 0 saturated carbocycles. The van der Waals surface area contributed by atoms with E-state index in [0.29, 0.717) is 18.1 Å². The fourth-order valence-electron chi connectivity index (χ4n) is 3.80. The third kappa shape index (κ3) is 4.35. The van der Waals surface area contributed by atoms with Gasteiger partial charge in [-0.2, -0.15) is 0 Å². The fraction of sp³-hybridized carbons (Fsp3) is 0.364. The van der Waals surface area contributed by atoms with Crippen LogP contribution in [0.5, 0.6) is 5.75 Å². The van der Waals surface area contributed by atoms with E-state index in [-0.39, 0.29) is 17.6 Å². The number of ether oxygens (including phenoxy) is 1. The van der Waals surface area contributed by atoms with Gasteiger partial charge in [-0.3, -0.25) is 9.69 Å². The minimum atomic E-state index is -0.275. The van der Waals surface area contributed by atoms with Crippen LogP contribution in [0.4, 0.5) is 0 Å². The average molecular weight is 395 g/mol. The zero-order valence-corrected chi connectivity index (χ0v) is 16.5. The lowest BCUT2D eigenvalue weighted by atomic mass is 10.0. The molecule has 152 valence electrons. The van der Waals surface area contributed by atoms with E-state index in [4.69, 9.17) is 13.7 Å². The molecule has 0 bridgehead atoms. The number of carbonyl (C=O) groups is 1. The van der Waals surface area contributed by atoms with Crippen LogP contribution in [-0.2, 0) is 0 Å². The van der Waals surface area contributed by atoms with Crippen molar-refractivity contribution in [1.82, 2.24) is 15.4 Å². The van der Waals surface area contributed by atoms with Gasteiger partial charge in [-0.1, -0.05) is 29.8 Å². The Bertz CT molecular complexity index is 929. The minimum Gasteiger partial charge on any atom is -0.496 e. The summed E-state index contributed by atoms with van der Waals surface area (Å²) in [6.07, 6.45) is 5.12. The summed E-state index contributed by atoms with van der Waals surface area (Å²) in [5.41, 5.74) is 1.31. The number of rotatable bonds is 7. The minimum absolute atomic E-state index is 0.0341. The standard InChI is InChI=1S/C22H25N3O4/c1-27-19-9-4-3-8-16(19)18(25-11-5-2-6-12-25)15-23-22(26)17-14-21(29-24-17)20-10-7-13-28-20/h3-4,7-10,13-14,18H,2,5-6,11-12,15H2,1H3,(H,23,26). The molecule has 1 fully saturated rings. The number of hydrogen-bond acceptors (Lipinski definition) is 6. The van der Waals surface area contributed by atoms with E-state index in [0.717, 1.165) is 37.2 Å². The quantitative estimate of drug-likeness (QED) is 0.653. The van der Waals surface area contributed by atoms with Gasteiger partial charge in [-0.25, -0.2) is 0 Å². The monoisotopic (exact) mass is 395 g/mol. The average Bonchev–Trinajstić information content (AvgIpc) is 3.47. The van der Waals surface area contributed by atoms with E-state index in [1.54, 1.807) is 31.6 Å². The second-order valence-electron chi connectivity index (χ2n) is 7.12. The highest BCUT2D eigenvalue weighted by atomic mass is 16.5. The highest BCUT2D eigenvalue weighted by molar-refractivity contribution is 5.92. The molecular weight excluding hydrogens is 370 g/mol. The Morgan fingerprint density at radius 1 is 1.17 bits per heavy atom. The van der Waals surface area contributed by atoms with Gasteiger partial charge in [-0.15, -0.1) is 0 Å². The van der Waals surface area contributed by atoms with Crippen LogP contribution in [0.2, 0.25) is 0 Å². The highest BCUT2D eigenvalue weighted by Crippen LogP contribution is 2.31. The van der Waals surface area contributed by atoms with Crippen LogP contribution in [-0.4, -0.2) is 42.7 Å². The number of furan rings is 1. The van der Waals surface area contributed by atoms with Gasteiger partial charge in [-0.05, 0) is 44.1 Å². The van der Waals surface area contributed by atoms with Crippen LogP contribution < -0.4 is 10.1 Å². The molecule has 1 amide bonds. The smallest absolute Gasteiger partial charge is 0.273 e. The van der Waals surface area contributed by atoms with E-state index < -0.39 is 0 Å². The zero-order valence-electron chi connectivity index (χ0n) is 16.5. The van der Waals surface area contributed by atoms with Crippen molar-refractivity contribution in [2.24, 2.45) is 0 Å². The first-order valence-electron chi connectivity index (χ1n) is 9.92. The summed E-state index contributed by atoms with van der Waals surface area (Å²) in [5.74, 6) is 1.52. The molecular formula is C22H25N3O4. The molecule has 0 spiro atoms. The Labute approximate surface area is 169 Å². The maximum Gasteiger partial charge on any atom is 0.273 e. The third-order valence-corrected chi connectivity index (χ3v) is 5.29. The molecule has 1 unspecified atom stereocenters. The molecule has 1 aliphatic rings. The van der Waals surface area contributed by atoms with E-state index in [1.807, 2.05) is 18.2 Å². The van der Waals surface area contributed by atoms with Crippen LogP contribution in [0.25, 0.3) is 11.5 Å². The van der Waals surface area contributed by atoms with E-state index in [9.17, 15) is 4.79 Å². The summed E-state index contributed by atoms with van der Waals surface area (Å²) in [4.78, 5) is 15.1. The summed E-state index contributed by atoms with van der Waals surface area (Å²) in [5, 5.41) is 6.90.